The topological polar surface area (TPSA) is 56.5 Å². The molecular weight excluding hydrogens is 216 g/mol. The number of hydrogen-bond donors (Lipinski definition) is 1. The van der Waals surface area contributed by atoms with Crippen LogP contribution in [0, 0.1) is 11.3 Å². The fourth-order valence-electron chi connectivity index (χ4n) is 1.43. The zero-order valence-corrected chi connectivity index (χ0v) is 9.90. The summed E-state index contributed by atoms with van der Waals surface area (Å²) in [6.07, 6.45) is 2.48. The smallest absolute Gasteiger partial charge is 0.336 e. The molecule has 0 radical (unpaired) electrons. The third-order valence-corrected chi connectivity index (χ3v) is 2.35. The fourth-order valence-corrected chi connectivity index (χ4v) is 1.43. The second-order valence-corrected chi connectivity index (χ2v) is 3.78. The monoisotopic (exact) mass is 232 g/mol. The van der Waals surface area contributed by atoms with Crippen LogP contribution >= 0.6 is 0 Å². The zero-order valence-electron chi connectivity index (χ0n) is 9.90. The van der Waals surface area contributed by atoms with Crippen LogP contribution in [0.5, 0.6) is 0 Å². The third kappa shape index (κ3) is 5.03. The molecule has 0 spiro atoms. The number of nitrogens with zero attached hydrogens (tertiary/aromatic N) is 1. The molecule has 0 atom stereocenters. The summed E-state index contributed by atoms with van der Waals surface area (Å²) in [6.45, 7) is 2.52. The SMILES string of the molecule is CCCCC(=O)NCc1cccc(C#[N+][O-])c1. The van der Waals surface area contributed by atoms with E-state index in [2.05, 4.69) is 23.3 Å². The Kier molecular flexibility index (Phi) is 5.59. The van der Waals surface area contributed by atoms with Crippen molar-refractivity contribution in [2.75, 3.05) is 0 Å². The fraction of sp³-hybridized carbons (Fsp3) is 0.385. The van der Waals surface area contributed by atoms with Crippen molar-refractivity contribution in [2.24, 2.45) is 0 Å². The number of carbonyl (C=O) groups excluding carboxylic acids is 1. The van der Waals surface area contributed by atoms with Crippen molar-refractivity contribution in [1.82, 2.24) is 5.32 Å². The first-order chi connectivity index (χ1) is 8.26. The lowest BCUT2D eigenvalue weighted by Gasteiger charge is -2.04. The lowest BCUT2D eigenvalue weighted by atomic mass is 10.1. The van der Waals surface area contributed by atoms with Gasteiger partial charge >= 0.3 is 6.07 Å². The highest BCUT2D eigenvalue weighted by molar-refractivity contribution is 5.75. The van der Waals surface area contributed by atoms with Gasteiger partial charge in [0.05, 0.1) is 0 Å². The second kappa shape index (κ2) is 7.29. The Balaban J connectivity index is 2.48. The van der Waals surface area contributed by atoms with Gasteiger partial charge in [-0.05, 0) is 24.1 Å². The zero-order chi connectivity index (χ0) is 12.5. The molecule has 0 heterocycles. The van der Waals surface area contributed by atoms with E-state index < -0.39 is 0 Å². The van der Waals surface area contributed by atoms with Gasteiger partial charge in [0.2, 0.25) is 5.91 Å². The first-order valence-electron chi connectivity index (χ1n) is 5.70. The largest absolute Gasteiger partial charge is 0.498 e. The van der Waals surface area contributed by atoms with Crippen LogP contribution in [0.1, 0.15) is 37.3 Å². The maximum Gasteiger partial charge on any atom is 0.336 e. The number of nitrogens with one attached hydrogen (secondary N) is 1. The maximum atomic E-state index is 11.4. The molecule has 1 rings (SSSR count). The van der Waals surface area contributed by atoms with E-state index in [4.69, 9.17) is 0 Å². The number of unbranched alkanes of at least 4 members (excludes halogenated alkanes) is 1. The highest BCUT2D eigenvalue weighted by atomic mass is 16.4. The third-order valence-electron chi connectivity index (χ3n) is 2.35. The molecule has 1 amide bonds. The number of benzene rings is 1. The van der Waals surface area contributed by atoms with E-state index >= 15 is 0 Å². The molecule has 4 nitrogen and oxygen atoms in total. The molecule has 0 aromatic heterocycles. The molecule has 0 unspecified atom stereocenters. The van der Waals surface area contributed by atoms with Crippen molar-refractivity contribution in [3.8, 4) is 6.07 Å². The Hall–Kier alpha value is -2.02. The van der Waals surface area contributed by atoms with E-state index in [9.17, 15) is 10.0 Å². The Morgan fingerprint density at radius 1 is 1.53 bits per heavy atom. The van der Waals surface area contributed by atoms with Crippen LogP contribution in [-0.2, 0) is 11.3 Å². The molecule has 0 bridgehead atoms. The summed E-state index contributed by atoms with van der Waals surface area (Å²) in [4.78, 5) is 11.4. The minimum absolute atomic E-state index is 0.0544. The molecule has 4 heteroatoms. The van der Waals surface area contributed by atoms with Crippen LogP contribution in [0.2, 0.25) is 0 Å². The minimum Gasteiger partial charge on any atom is -0.498 e. The normalized spacial score (nSPS) is 9.24. The predicted molar refractivity (Wildman–Crippen MR) is 67.5 cm³/mol. The Morgan fingerprint density at radius 3 is 3.06 bits per heavy atom. The van der Waals surface area contributed by atoms with Crippen LogP contribution in [-0.4, -0.2) is 5.91 Å². The van der Waals surface area contributed by atoms with Gasteiger partial charge in [-0.2, -0.15) is 0 Å². The van der Waals surface area contributed by atoms with Crippen LogP contribution in [0.4, 0.5) is 0 Å². The molecule has 1 N–H and O–H groups in total. The van der Waals surface area contributed by atoms with E-state index in [0.717, 1.165) is 18.4 Å². The maximum absolute atomic E-state index is 11.4. The summed E-state index contributed by atoms with van der Waals surface area (Å²) in [7, 11) is 0. The molecule has 0 saturated carbocycles. The molecular formula is C13H16N2O2. The highest BCUT2D eigenvalue weighted by Gasteiger charge is 2.01. The van der Waals surface area contributed by atoms with Crippen LogP contribution < -0.4 is 5.32 Å². The molecule has 0 aliphatic heterocycles. The van der Waals surface area contributed by atoms with Crippen LogP contribution in [0.25, 0.3) is 5.01 Å². The molecule has 90 valence electrons. The quantitative estimate of drug-likeness (QED) is 0.793. The average Bonchev–Trinajstić information content (AvgIpc) is 2.35. The van der Waals surface area contributed by atoms with E-state index in [1.54, 1.807) is 18.2 Å². The van der Waals surface area contributed by atoms with E-state index in [0.29, 0.717) is 18.5 Å². The van der Waals surface area contributed by atoms with Crippen molar-refractivity contribution in [3.63, 3.8) is 0 Å². The Morgan fingerprint density at radius 2 is 2.35 bits per heavy atom. The predicted octanol–water partition coefficient (Wildman–Crippen LogP) is 2.67. The molecule has 1 aromatic carbocycles. The van der Waals surface area contributed by atoms with Crippen LogP contribution in [0.15, 0.2) is 24.3 Å². The second-order valence-electron chi connectivity index (χ2n) is 3.78. The van der Waals surface area contributed by atoms with Gasteiger partial charge in [-0.1, -0.05) is 25.5 Å². The average molecular weight is 232 g/mol. The van der Waals surface area contributed by atoms with E-state index in [1.165, 1.54) is 0 Å². The molecule has 0 saturated heterocycles. The number of hydrogen-bond acceptors (Lipinski definition) is 2. The van der Waals surface area contributed by atoms with Crippen molar-refractivity contribution in [3.05, 3.63) is 45.6 Å². The number of carbonyl (C=O) groups is 1. The van der Waals surface area contributed by atoms with Gasteiger partial charge < -0.3 is 10.5 Å². The first-order valence-corrected chi connectivity index (χ1v) is 5.70. The van der Waals surface area contributed by atoms with Crippen molar-refractivity contribution in [1.29, 1.82) is 0 Å². The van der Waals surface area contributed by atoms with Crippen molar-refractivity contribution in [2.45, 2.75) is 32.7 Å². The Bertz CT molecular complexity index is 433. The van der Waals surface area contributed by atoms with Gasteiger partial charge in [0.1, 0.15) is 5.56 Å². The van der Waals surface area contributed by atoms with Gasteiger partial charge in [-0.3, -0.25) is 4.79 Å². The van der Waals surface area contributed by atoms with Gasteiger partial charge in [-0.25, -0.2) is 0 Å². The summed E-state index contributed by atoms with van der Waals surface area (Å²) in [5, 5.41) is 15.5. The van der Waals surface area contributed by atoms with Gasteiger partial charge in [-0.15, -0.1) is 0 Å². The molecule has 17 heavy (non-hydrogen) atoms. The molecule has 1 aromatic rings. The van der Waals surface area contributed by atoms with Gasteiger partial charge in [0.25, 0.3) is 0 Å². The summed E-state index contributed by atoms with van der Waals surface area (Å²) in [5.74, 6) is 0.0544. The number of rotatable bonds is 5. The highest BCUT2D eigenvalue weighted by Crippen LogP contribution is 2.04. The molecule has 0 fully saturated rings. The minimum atomic E-state index is 0.0544. The summed E-state index contributed by atoms with van der Waals surface area (Å²) in [6, 6.07) is 9.54. The Labute approximate surface area is 101 Å². The van der Waals surface area contributed by atoms with Crippen molar-refractivity contribution >= 4 is 5.91 Å². The van der Waals surface area contributed by atoms with E-state index in [1.807, 2.05) is 6.07 Å². The summed E-state index contributed by atoms with van der Waals surface area (Å²) in [5.41, 5.74) is 1.56. The van der Waals surface area contributed by atoms with Gasteiger partial charge in [0.15, 0.2) is 0 Å². The van der Waals surface area contributed by atoms with Crippen LogP contribution in [0.3, 0.4) is 0 Å². The first kappa shape index (κ1) is 13.0. The summed E-state index contributed by atoms with van der Waals surface area (Å²) < 4.78 is 0. The molecule has 0 aliphatic carbocycles. The molecule has 0 aliphatic rings. The standard InChI is InChI=1S/C13H16N2O2/c1-2-3-7-13(16)14-9-11-5-4-6-12(8-11)10-15-17/h4-6,8H,2-3,7,9H2,1H3,(H,14,16). The lowest BCUT2D eigenvalue weighted by molar-refractivity contribution is -0.121. The summed E-state index contributed by atoms with van der Waals surface area (Å²) >= 11 is 0. The lowest BCUT2D eigenvalue weighted by Crippen LogP contribution is -2.22. The number of amides is 1. The van der Waals surface area contributed by atoms with E-state index in [-0.39, 0.29) is 5.91 Å². The van der Waals surface area contributed by atoms with Crippen molar-refractivity contribution < 1.29 is 4.79 Å². The van der Waals surface area contributed by atoms with Gasteiger partial charge in [0, 0.05) is 18.0 Å².